The number of carbonyl (C=O) groups excluding carboxylic acids is 1. The van der Waals surface area contributed by atoms with Crippen LogP contribution in [0.2, 0.25) is 0 Å². The highest BCUT2D eigenvalue weighted by Crippen LogP contribution is 2.09. The van der Waals surface area contributed by atoms with Crippen molar-refractivity contribution in [1.29, 1.82) is 0 Å². The predicted molar refractivity (Wildman–Crippen MR) is 62.6 cm³/mol. The third-order valence-corrected chi connectivity index (χ3v) is 2.47. The highest BCUT2D eigenvalue weighted by atomic mass is 79.9. The van der Waals surface area contributed by atoms with E-state index >= 15 is 0 Å². The lowest BCUT2D eigenvalue weighted by Gasteiger charge is -1.93. The molecule has 2 aromatic heterocycles. The van der Waals surface area contributed by atoms with Gasteiger partial charge in [0.25, 0.3) is 5.91 Å². The van der Waals surface area contributed by atoms with Crippen LogP contribution < -0.4 is 5.43 Å². The molecular formula is C9H8BrN5O2. The van der Waals surface area contributed by atoms with Crippen LogP contribution in [0.5, 0.6) is 0 Å². The van der Waals surface area contributed by atoms with Crippen molar-refractivity contribution in [2.45, 2.75) is 6.92 Å². The minimum atomic E-state index is -0.436. The highest BCUT2D eigenvalue weighted by Gasteiger charge is 2.09. The molecule has 2 rings (SSSR count). The van der Waals surface area contributed by atoms with Crippen LogP contribution in [0.15, 0.2) is 26.4 Å². The molecular weight excluding hydrogens is 290 g/mol. The average molecular weight is 298 g/mol. The maximum Gasteiger partial charge on any atom is 0.293 e. The summed E-state index contributed by atoms with van der Waals surface area (Å²) >= 11 is 3.26. The van der Waals surface area contributed by atoms with E-state index < -0.39 is 5.91 Å². The summed E-state index contributed by atoms with van der Waals surface area (Å²) in [6.45, 7) is 1.70. The smallest absolute Gasteiger partial charge is 0.293 e. The zero-order chi connectivity index (χ0) is 12.3. The molecule has 2 aromatic rings. The Labute approximate surface area is 104 Å². The summed E-state index contributed by atoms with van der Waals surface area (Å²) in [6, 6.07) is 1.52. The minimum absolute atomic E-state index is 0.184. The second-order valence-electron chi connectivity index (χ2n) is 3.15. The molecule has 0 bridgehead atoms. The van der Waals surface area contributed by atoms with Gasteiger partial charge in [-0.05, 0) is 22.9 Å². The maximum atomic E-state index is 11.5. The minimum Gasteiger partial charge on any atom is -0.361 e. The molecule has 0 atom stereocenters. The van der Waals surface area contributed by atoms with Crippen LogP contribution in [0.25, 0.3) is 0 Å². The number of carbonyl (C=O) groups is 1. The lowest BCUT2D eigenvalue weighted by molar-refractivity contribution is 0.0946. The predicted octanol–water partition coefficient (Wildman–Crippen LogP) is 1.23. The van der Waals surface area contributed by atoms with E-state index in [9.17, 15) is 4.79 Å². The van der Waals surface area contributed by atoms with Crippen molar-refractivity contribution in [3.05, 3.63) is 33.9 Å². The zero-order valence-electron chi connectivity index (χ0n) is 8.77. The molecule has 17 heavy (non-hydrogen) atoms. The van der Waals surface area contributed by atoms with Crippen LogP contribution in [0.3, 0.4) is 0 Å². The fourth-order valence-electron chi connectivity index (χ4n) is 1.06. The number of aryl methyl sites for hydroxylation is 1. The van der Waals surface area contributed by atoms with Crippen molar-refractivity contribution in [2.24, 2.45) is 5.10 Å². The van der Waals surface area contributed by atoms with Gasteiger partial charge >= 0.3 is 0 Å². The van der Waals surface area contributed by atoms with E-state index in [0.717, 1.165) is 4.47 Å². The van der Waals surface area contributed by atoms with Gasteiger partial charge in [-0.15, -0.1) is 0 Å². The molecule has 0 spiro atoms. The summed E-state index contributed by atoms with van der Waals surface area (Å²) in [5.41, 5.74) is 3.16. The lowest BCUT2D eigenvalue weighted by Crippen LogP contribution is -2.17. The van der Waals surface area contributed by atoms with Gasteiger partial charge in [0.2, 0.25) is 0 Å². The Bertz CT molecular complexity index is 559. The van der Waals surface area contributed by atoms with Crippen molar-refractivity contribution in [3.8, 4) is 0 Å². The van der Waals surface area contributed by atoms with E-state index in [1.54, 1.807) is 13.1 Å². The number of H-pyrrole nitrogens is 1. The van der Waals surface area contributed by atoms with Gasteiger partial charge in [-0.2, -0.15) is 10.2 Å². The van der Waals surface area contributed by atoms with Crippen LogP contribution in [0.4, 0.5) is 0 Å². The first-order valence-electron chi connectivity index (χ1n) is 4.62. The van der Waals surface area contributed by atoms with Gasteiger partial charge in [0.1, 0.15) is 5.76 Å². The first-order chi connectivity index (χ1) is 8.16. The van der Waals surface area contributed by atoms with Crippen molar-refractivity contribution < 1.29 is 9.32 Å². The fourth-order valence-corrected chi connectivity index (χ4v) is 1.35. The first-order valence-corrected chi connectivity index (χ1v) is 5.41. The van der Waals surface area contributed by atoms with Crippen molar-refractivity contribution in [3.63, 3.8) is 0 Å². The van der Waals surface area contributed by atoms with Crippen LogP contribution >= 0.6 is 15.9 Å². The van der Waals surface area contributed by atoms with Crippen molar-refractivity contribution in [1.82, 2.24) is 20.8 Å². The number of amides is 1. The monoisotopic (exact) mass is 297 g/mol. The summed E-state index contributed by atoms with van der Waals surface area (Å²) in [5, 5.41) is 13.8. The Morgan fingerprint density at radius 2 is 2.53 bits per heavy atom. The molecule has 7 nitrogen and oxygen atoms in total. The average Bonchev–Trinajstić information content (AvgIpc) is 2.88. The van der Waals surface area contributed by atoms with E-state index in [1.807, 2.05) is 0 Å². The molecule has 2 heterocycles. The molecule has 2 N–H and O–H groups in total. The molecule has 8 heteroatoms. The Morgan fingerprint density at radius 1 is 1.71 bits per heavy atom. The van der Waals surface area contributed by atoms with Crippen LogP contribution in [-0.4, -0.2) is 27.5 Å². The summed E-state index contributed by atoms with van der Waals surface area (Å²) in [4.78, 5) is 11.5. The van der Waals surface area contributed by atoms with E-state index in [-0.39, 0.29) is 5.69 Å². The number of hydrazone groups is 1. The number of nitrogens with one attached hydrogen (secondary N) is 2. The van der Waals surface area contributed by atoms with Crippen LogP contribution in [-0.2, 0) is 0 Å². The fraction of sp³-hybridized carbons (Fsp3) is 0.111. The number of rotatable bonds is 3. The molecule has 0 aromatic carbocycles. The van der Waals surface area contributed by atoms with Gasteiger partial charge in [0.05, 0.1) is 22.6 Å². The lowest BCUT2D eigenvalue weighted by atomic mass is 10.4. The maximum absolute atomic E-state index is 11.5. The number of hydrogen-bond acceptors (Lipinski definition) is 5. The molecule has 1 amide bonds. The largest absolute Gasteiger partial charge is 0.361 e. The molecule has 0 aliphatic rings. The topological polar surface area (TPSA) is 96.2 Å². The number of aromatic nitrogens is 3. The van der Waals surface area contributed by atoms with Crippen molar-refractivity contribution in [2.75, 3.05) is 0 Å². The molecule has 0 radical (unpaired) electrons. The summed E-state index contributed by atoms with van der Waals surface area (Å²) in [6.07, 6.45) is 3.02. The molecule has 88 valence electrons. The van der Waals surface area contributed by atoms with E-state index in [0.29, 0.717) is 11.5 Å². The summed E-state index contributed by atoms with van der Waals surface area (Å²) in [5.74, 6) is 0.129. The number of hydrogen-bond donors (Lipinski definition) is 2. The van der Waals surface area contributed by atoms with Gasteiger partial charge in [-0.1, -0.05) is 5.16 Å². The summed E-state index contributed by atoms with van der Waals surface area (Å²) < 4.78 is 5.53. The number of nitrogens with zero attached hydrogens (tertiary/aromatic N) is 3. The number of halogens is 1. The Kier molecular flexibility index (Phi) is 3.33. The third kappa shape index (κ3) is 2.78. The van der Waals surface area contributed by atoms with Crippen molar-refractivity contribution >= 4 is 28.1 Å². The molecule has 0 unspecified atom stereocenters. The highest BCUT2D eigenvalue weighted by molar-refractivity contribution is 9.10. The van der Waals surface area contributed by atoms with Crippen LogP contribution in [0.1, 0.15) is 21.9 Å². The van der Waals surface area contributed by atoms with Gasteiger partial charge in [0, 0.05) is 6.07 Å². The summed E-state index contributed by atoms with van der Waals surface area (Å²) in [7, 11) is 0. The zero-order valence-corrected chi connectivity index (χ0v) is 10.4. The third-order valence-electron chi connectivity index (χ3n) is 1.84. The molecule has 0 saturated heterocycles. The SMILES string of the molecule is Cc1cc(C(=O)N/N=C\c2[nH]ncc2Br)no1. The Morgan fingerprint density at radius 3 is 3.12 bits per heavy atom. The molecule has 0 fully saturated rings. The van der Waals surface area contributed by atoms with Crippen LogP contribution in [0, 0.1) is 6.92 Å². The van der Waals surface area contributed by atoms with E-state index in [1.165, 1.54) is 12.3 Å². The quantitative estimate of drug-likeness (QED) is 0.658. The number of aromatic amines is 1. The Balaban J connectivity index is 1.97. The van der Waals surface area contributed by atoms with E-state index in [2.05, 4.69) is 41.8 Å². The molecule has 0 aliphatic heterocycles. The molecule has 0 aliphatic carbocycles. The second-order valence-corrected chi connectivity index (χ2v) is 4.01. The standard InChI is InChI=1S/C9H8BrN5O2/c1-5-2-7(15-17-5)9(16)14-12-4-8-6(10)3-11-13-8/h2-4H,1H3,(H,11,13)(H,14,16)/b12-4-. The first kappa shape index (κ1) is 11.5. The van der Waals surface area contributed by atoms with Gasteiger partial charge in [-0.3, -0.25) is 9.89 Å². The van der Waals surface area contributed by atoms with Gasteiger partial charge < -0.3 is 4.52 Å². The normalized spacial score (nSPS) is 10.9. The van der Waals surface area contributed by atoms with Gasteiger partial charge in [0.15, 0.2) is 5.69 Å². The van der Waals surface area contributed by atoms with E-state index in [4.69, 9.17) is 4.52 Å². The second kappa shape index (κ2) is 4.91. The Hall–Kier alpha value is -1.96. The van der Waals surface area contributed by atoms with Gasteiger partial charge in [-0.25, -0.2) is 5.43 Å². The molecule has 0 saturated carbocycles.